The number of nitrogens with two attached hydrogens (primary N) is 1. The van der Waals surface area contributed by atoms with Crippen molar-refractivity contribution < 1.29 is 18.0 Å². The smallest absolute Gasteiger partial charge is 0.345 e. The number of likely N-dealkylation sites (N-methyl/N-ethyl adjacent to an activating group) is 1. The van der Waals surface area contributed by atoms with Crippen LogP contribution in [-0.2, 0) is 27.8 Å². The van der Waals surface area contributed by atoms with Gasteiger partial charge in [0.2, 0.25) is 0 Å². The number of nitrogens with zero attached hydrogens (tertiary/aromatic N) is 2. The van der Waals surface area contributed by atoms with Gasteiger partial charge in [0.05, 0.1) is 11.3 Å². The molecule has 3 N–H and O–H groups in total. The minimum atomic E-state index is -4.08. The quantitative estimate of drug-likeness (QED) is 0.731. The predicted molar refractivity (Wildman–Crippen MR) is 121 cm³/mol. The van der Waals surface area contributed by atoms with Crippen molar-refractivity contribution in [1.82, 2.24) is 4.31 Å². The van der Waals surface area contributed by atoms with Crippen LogP contribution >= 0.6 is 11.3 Å². The Morgan fingerprint density at radius 1 is 1.16 bits per heavy atom. The fourth-order valence-corrected chi connectivity index (χ4v) is 5.91. The summed E-state index contributed by atoms with van der Waals surface area (Å²) >= 11 is 1.32. The van der Waals surface area contributed by atoms with Gasteiger partial charge in [-0.05, 0) is 44.2 Å². The second-order valence-corrected chi connectivity index (χ2v) is 10.3. The Balaban J connectivity index is 1.71. The molecule has 10 heteroatoms. The van der Waals surface area contributed by atoms with Crippen LogP contribution in [0.2, 0.25) is 0 Å². The number of benzene rings is 1. The van der Waals surface area contributed by atoms with Gasteiger partial charge in [-0.2, -0.15) is 8.42 Å². The van der Waals surface area contributed by atoms with E-state index in [4.69, 9.17) is 5.73 Å². The molecule has 0 spiro atoms. The summed E-state index contributed by atoms with van der Waals surface area (Å²) in [5.74, 6) is -1.25. The van der Waals surface area contributed by atoms with Crippen molar-refractivity contribution in [3.8, 4) is 0 Å². The average molecular weight is 459 g/mol. The number of hydrogen-bond donors (Lipinski definition) is 2. The normalized spacial score (nSPS) is 17.4. The van der Waals surface area contributed by atoms with E-state index in [1.165, 1.54) is 24.5 Å². The molecule has 1 aromatic heterocycles. The van der Waals surface area contributed by atoms with E-state index in [1.807, 2.05) is 19.1 Å². The first kappa shape index (κ1) is 21.3. The molecule has 0 saturated carbocycles. The summed E-state index contributed by atoms with van der Waals surface area (Å²) in [4.78, 5) is 26.2. The first-order valence-electron chi connectivity index (χ1n) is 9.80. The zero-order valence-corrected chi connectivity index (χ0v) is 18.8. The molecule has 1 aromatic carbocycles. The highest BCUT2D eigenvalue weighted by Crippen LogP contribution is 2.38. The number of amides is 2. The Bertz CT molecular complexity index is 1240. The van der Waals surface area contributed by atoms with Gasteiger partial charge in [0, 0.05) is 17.5 Å². The van der Waals surface area contributed by atoms with Gasteiger partial charge < -0.3 is 11.1 Å². The maximum Gasteiger partial charge on any atom is 0.345 e. The van der Waals surface area contributed by atoms with E-state index < -0.39 is 22.0 Å². The molecule has 0 fully saturated rings. The fourth-order valence-electron chi connectivity index (χ4n) is 3.71. The van der Waals surface area contributed by atoms with Crippen molar-refractivity contribution in [3.05, 3.63) is 63.2 Å². The van der Waals surface area contributed by atoms with Crippen LogP contribution in [0.1, 0.15) is 44.8 Å². The van der Waals surface area contributed by atoms with Gasteiger partial charge in [-0.15, -0.1) is 15.7 Å². The number of aryl methyl sites for hydroxylation is 2. The van der Waals surface area contributed by atoms with Gasteiger partial charge in [-0.3, -0.25) is 9.59 Å². The third-order valence-corrected chi connectivity index (χ3v) is 7.92. The summed E-state index contributed by atoms with van der Waals surface area (Å²) in [6.07, 6.45) is 4.97. The molecule has 2 heterocycles. The number of carbonyl (C=O) groups excluding carboxylic acids is 2. The molecule has 31 heavy (non-hydrogen) atoms. The van der Waals surface area contributed by atoms with Gasteiger partial charge in [0.1, 0.15) is 10.7 Å². The lowest BCUT2D eigenvalue weighted by Gasteiger charge is -2.23. The molecular formula is C21H22N4O4S2. The molecule has 0 unspecified atom stereocenters. The van der Waals surface area contributed by atoms with Crippen molar-refractivity contribution >= 4 is 44.1 Å². The summed E-state index contributed by atoms with van der Waals surface area (Å²) < 4.78 is 29.8. The predicted octanol–water partition coefficient (Wildman–Crippen LogP) is 2.54. The van der Waals surface area contributed by atoms with E-state index >= 15 is 0 Å². The number of nitrogens with one attached hydrogen (secondary N) is 1. The third kappa shape index (κ3) is 4.00. The number of thiophene rings is 1. The van der Waals surface area contributed by atoms with Crippen molar-refractivity contribution in [2.24, 2.45) is 10.1 Å². The molecule has 162 valence electrons. The standard InChI is InChI=1S/C21H22N4O4S2/c1-12-7-9-13(10-8-12)15-11-16(25(2)31(28,29)24-15)20(27)23-21-18(19(22)26)14-5-3-4-6-17(14)30-21/h7-11H,3-6H2,1-2H3,(H2,22,26)(H,23,27). The largest absolute Gasteiger partial charge is 0.365 e. The molecule has 1 aliphatic carbocycles. The summed E-state index contributed by atoms with van der Waals surface area (Å²) in [6.45, 7) is 1.92. The Labute approximate surface area is 184 Å². The Hall–Kier alpha value is -2.98. The zero-order valence-electron chi connectivity index (χ0n) is 17.1. The number of primary amides is 1. The average Bonchev–Trinajstić information content (AvgIpc) is 3.08. The number of rotatable bonds is 4. The first-order chi connectivity index (χ1) is 14.7. The number of allylic oxidation sites excluding steroid dienone is 1. The van der Waals surface area contributed by atoms with Crippen LogP contribution in [0.3, 0.4) is 0 Å². The van der Waals surface area contributed by atoms with Crippen LogP contribution in [0.25, 0.3) is 0 Å². The number of fused-ring (bicyclic) bond motifs is 1. The van der Waals surface area contributed by atoms with Crippen molar-refractivity contribution in [2.75, 3.05) is 12.4 Å². The minimum absolute atomic E-state index is 0.0904. The van der Waals surface area contributed by atoms with Crippen LogP contribution in [0.4, 0.5) is 5.00 Å². The topological polar surface area (TPSA) is 122 Å². The van der Waals surface area contributed by atoms with E-state index in [1.54, 1.807) is 12.1 Å². The molecule has 0 atom stereocenters. The molecule has 0 radical (unpaired) electrons. The number of hydrogen-bond acceptors (Lipinski definition) is 5. The zero-order chi connectivity index (χ0) is 22.3. The Morgan fingerprint density at radius 2 is 1.84 bits per heavy atom. The summed E-state index contributed by atoms with van der Waals surface area (Å²) in [7, 11) is -2.81. The lowest BCUT2D eigenvalue weighted by molar-refractivity contribution is -0.113. The second kappa shape index (κ2) is 7.93. The summed E-state index contributed by atoms with van der Waals surface area (Å²) in [6, 6.07) is 7.18. The highest BCUT2D eigenvalue weighted by Gasteiger charge is 2.32. The monoisotopic (exact) mass is 458 g/mol. The van der Waals surface area contributed by atoms with Gasteiger partial charge >= 0.3 is 10.2 Å². The van der Waals surface area contributed by atoms with Crippen molar-refractivity contribution in [2.45, 2.75) is 32.6 Å². The summed E-state index contributed by atoms with van der Waals surface area (Å²) in [5.41, 5.74) is 8.48. The molecule has 2 aromatic rings. The van der Waals surface area contributed by atoms with E-state index in [2.05, 4.69) is 9.71 Å². The fraction of sp³-hybridized carbons (Fsp3) is 0.286. The third-order valence-electron chi connectivity index (χ3n) is 5.40. The van der Waals surface area contributed by atoms with E-state index in [9.17, 15) is 18.0 Å². The van der Waals surface area contributed by atoms with Gasteiger partial charge in [-0.25, -0.2) is 4.31 Å². The first-order valence-corrected chi connectivity index (χ1v) is 12.0. The van der Waals surface area contributed by atoms with E-state index in [0.29, 0.717) is 16.1 Å². The van der Waals surface area contributed by atoms with Gasteiger partial charge in [0.25, 0.3) is 11.8 Å². The van der Waals surface area contributed by atoms with Crippen LogP contribution in [-0.4, -0.2) is 37.3 Å². The Morgan fingerprint density at radius 3 is 2.52 bits per heavy atom. The summed E-state index contributed by atoms with van der Waals surface area (Å²) in [5, 5.41) is 3.07. The van der Waals surface area contributed by atoms with Crippen LogP contribution in [0.5, 0.6) is 0 Å². The Kier molecular flexibility index (Phi) is 5.44. The molecule has 2 amide bonds. The number of carbonyl (C=O) groups is 2. The molecular weight excluding hydrogens is 436 g/mol. The van der Waals surface area contributed by atoms with Crippen molar-refractivity contribution in [3.63, 3.8) is 0 Å². The molecule has 4 rings (SSSR count). The van der Waals surface area contributed by atoms with Crippen LogP contribution in [0.15, 0.2) is 40.4 Å². The van der Waals surface area contributed by atoms with Gasteiger partial charge in [-0.1, -0.05) is 29.8 Å². The van der Waals surface area contributed by atoms with Crippen LogP contribution < -0.4 is 11.1 Å². The van der Waals surface area contributed by atoms with Gasteiger partial charge in [0.15, 0.2) is 0 Å². The molecule has 1 aliphatic heterocycles. The maximum absolute atomic E-state index is 13.1. The molecule has 2 aliphatic rings. The lowest BCUT2D eigenvalue weighted by Crippen LogP contribution is -2.35. The number of anilines is 1. The minimum Gasteiger partial charge on any atom is -0.365 e. The van der Waals surface area contributed by atoms with Crippen molar-refractivity contribution in [1.29, 1.82) is 0 Å². The lowest BCUT2D eigenvalue weighted by atomic mass is 9.95. The molecule has 8 nitrogen and oxygen atoms in total. The van der Waals surface area contributed by atoms with E-state index in [-0.39, 0.29) is 11.4 Å². The van der Waals surface area contributed by atoms with Crippen LogP contribution in [0, 0.1) is 6.92 Å². The maximum atomic E-state index is 13.1. The van der Waals surface area contributed by atoms with E-state index in [0.717, 1.165) is 46.0 Å². The second-order valence-electron chi connectivity index (χ2n) is 7.55. The highest BCUT2D eigenvalue weighted by atomic mass is 32.2. The SMILES string of the molecule is Cc1ccc(C2=NS(=O)(=O)N(C)C(C(=O)Nc3sc4c(c3C(N)=O)CCCC4)=C2)cc1. The molecule has 0 saturated heterocycles. The highest BCUT2D eigenvalue weighted by molar-refractivity contribution is 7.88. The molecule has 0 bridgehead atoms.